The van der Waals surface area contributed by atoms with Gasteiger partial charge in [0, 0.05) is 16.4 Å². The summed E-state index contributed by atoms with van der Waals surface area (Å²) in [6, 6.07) is 2.05. The van der Waals surface area contributed by atoms with Crippen LogP contribution in [0.5, 0.6) is 0 Å². The molecule has 0 saturated carbocycles. The summed E-state index contributed by atoms with van der Waals surface area (Å²) in [6.07, 6.45) is 2.00. The van der Waals surface area contributed by atoms with Crippen LogP contribution in [0, 0.1) is 17.5 Å². The Morgan fingerprint density at radius 1 is 1.32 bits per heavy atom. The first-order valence-corrected chi connectivity index (χ1v) is 7.49. The van der Waals surface area contributed by atoms with E-state index in [2.05, 4.69) is 12.2 Å². The first-order valence-electron chi connectivity index (χ1n) is 6.50. The lowest BCUT2D eigenvalue weighted by Crippen LogP contribution is -2.38. The Balaban J connectivity index is 2.42. The van der Waals surface area contributed by atoms with Gasteiger partial charge in [-0.2, -0.15) is 11.8 Å². The van der Waals surface area contributed by atoms with Crippen molar-refractivity contribution < 1.29 is 13.2 Å². The Bertz CT molecular complexity index is 458. The number of rotatable bonds is 4. The van der Waals surface area contributed by atoms with E-state index in [9.17, 15) is 13.2 Å². The Labute approximate surface area is 116 Å². The van der Waals surface area contributed by atoms with Crippen LogP contribution in [0.25, 0.3) is 0 Å². The van der Waals surface area contributed by atoms with Gasteiger partial charge in [0.25, 0.3) is 0 Å². The van der Waals surface area contributed by atoms with Gasteiger partial charge in [-0.1, -0.05) is 13.0 Å². The summed E-state index contributed by atoms with van der Waals surface area (Å²) in [5, 5.41) is 3.22. The Kier molecular flexibility index (Phi) is 4.46. The van der Waals surface area contributed by atoms with E-state index in [-0.39, 0.29) is 16.4 Å². The van der Waals surface area contributed by atoms with E-state index in [1.165, 1.54) is 6.07 Å². The molecule has 2 rings (SSSR count). The van der Waals surface area contributed by atoms with Crippen LogP contribution in [0.4, 0.5) is 13.2 Å². The van der Waals surface area contributed by atoms with Gasteiger partial charge in [-0.3, -0.25) is 0 Å². The van der Waals surface area contributed by atoms with Crippen LogP contribution in [0.2, 0.25) is 0 Å². The average molecular weight is 289 g/mol. The smallest absolute Gasteiger partial charge is 0.194 e. The van der Waals surface area contributed by atoms with E-state index in [0.29, 0.717) is 6.54 Å². The molecule has 0 bridgehead atoms. The monoisotopic (exact) mass is 289 g/mol. The molecule has 1 aromatic carbocycles. The van der Waals surface area contributed by atoms with Crippen molar-refractivity contribution in [2.75, 3.05) is 12.3 Å². The molecule has 0 radical (unpaired) electrons. The number of benzene rings is 1. The van der Waals surface area contributed by atoms with Crippen LogP contribution in [0.15, 0.2) is 12.1 Å². The third kappa shape index (κ3) is 2.77. The molecule has 1 heterocycles. The van der Waals surface area contributed by atoms with Crippen molar-refractivity contribution >= 4 is 11.8 Å². The minimum atomic E-state index is -1.38. The van der Waals surface area contributed by atoms with Crippen LogP contribution >= 0.6 is 11.8 Å². The lowest BCUT2D eigenvalue weighted by molar-refractivity contribution is 0.385. The minimum Gasteiger partial charge on any atom is -0.309 e. The van der Waals surface area contributed by atoms with Crippen LogP contribution in [0.3, 0.4) is 0 Å². The molecule has 1 nitrogen and oxygen atoms in total. The maximum Gasteiger partial charge on any atom is 0.194 e. The van der Waals surface area contributed by atoms with Crippen molar-refractivity contribution in [3.8, 4) is 0 Å². The zero-order valence-electron chi connectivity index (χ0n) is 11.1. The van der Waals surface area contributed by atoms with E-state index >= 15 is 0 Å². The van der Waals surface area contributed by atoms with Crippen molar-refractivity contribution in [2.45, 2.75) is 37.5 Å². The summed E-state index contributed by atoms with van der Waals surface area (Å²) in [5.41, 5.74) is 0.220. The molecule has 0 aromatic heterocycles. The predicted molar refractivity (Wildman–Crippen MR) is 72.8 cm³/mol. The number of thioether (sulfide) groups is 1. The lowest BCUT2D eigenvalue weighted by Gasteiger charge is -2.34. The highest BCUT2D eigenvalue weighted by atomic mass is 32.2. The van der Waals surface area contributed by atoms with Gasteiger partial charge in [0.2, 0.25) is 0 Å². The van der Waals surface area contributed by atoms with E-state index < -0.39 is 17.5 Å². The quantitative estimate of drug-likeness (QED) is 0.840. The van der Waals surface area contributed by atoms with E-state index in [1.54, 1.807) is 11.8 Å². The van der Waals surface area contributed by atoms with Gasteiger partial charge >= 0.3 is 0 Å². The highest BCUT2D eigenvalue weighted by molar-refractivity contribution is 8.00. The molecule has 2 unspecified atom stereocenters. The molecule has 0 aliphatic carbocycles. The molecule has 5 heteroatoms. The highest BCUT2D eigenvalue weighted by Crippen LogP contribution is 2.47. The fraction of sp³-hybridized carbons (Fsp3) is 0.571. The minimum absolute atomic E-state index is 0.179. The predicted octanol–water partition coefficient (Wildman–Crippen LogP) is 4.04. The number of halogens is 3. The zero-order chi connectivity index (χ0) is 14.0. The average Bonchev–Trinajstić information content (AvgIpc) is 2.82. The van der Waals surface area contributed by atoms with E-state index in [0.717, 1.165) is 24.7 Å². The number of hydrogen-bond acceptors (Lipinski definition) is 2. The molecule has 1 aromatic rings. The van der Waals surface area contributed by atoms with Crippen molar-refractivity contribution in [1.82, 2.24) is 5.32 Å². The molecule has 1 aliphatic heterocycles. The first kappa shape index (κ1) is 14.7. The second-order valence-electron chi connectivity index (χ2n) is 5.02. The molecular weight excluding hydrogens is 271 g/mol. The van der Waals surface area contributed by atoms with Gasteiger partial charge in [-0.15, -0.1) is 0 Å². The molecule has 1 aliphatic rings. The summed E-state index contributed by atoms with van der Waals surface area (Å²) >= 11 is 1.76. The second-order valence-corrected chi connectivity index (χ2v) is 6.65. The van der Waals surface area contributed by atoms with Crippen molar-refractivity contribution in [1.29, 1.82) is 0 Å². The van der Waals surface area contributed by atoms with E-state index in [1.807, 2.05) is 6.92 Å². The van der Waals surface area contributed by atoms with Crippen LogP contribution in [-0.4, -0.2) is 17.0 Å². The third-order valence-electron chi connectivity index (χ3n) is 3.64. The summed E-state index contributed by atoms with van der Waals surface area (Å²) in [7, 11) is 0. The summed E-state index contributed by atoms with van der Waals surface area (Å²) in [5.74, 6) is -2.57. The maximum absolute atomic E-state index is 14.0. The van der Waals surface area contributed by atoms with Crippen LogP contribution in [0.1, 0.15) is 38.3 Å². The fourth-order valence-corrected chi connectivity index (χ4v) is 4.07. The van der Waals surface area contributed by atoms with Gasteiger partial charge in [0.05, 0.1) is 0 Å². The summed E-state index contributed by atoms with van der Waals surface area (Å²) < 4.78 is 40.3. The van der Waals surface area contributed by atoms with Gasteiger partial charge in [-0.25, -0.2) is 13.2 Å². The van der Waals surface area contributed by atoms with Gasteiger partial charge in [0.1, 0.15) is 0 Å². The maximum atomic E-state index is 14.0. The molecule has 1 N–H and O–H groups in total. The standard InChI is InChI=1S/C14H18F3NS/c1-3-18-13(14(2)7-4-8-19-14)9-5-6-10(15)12(17)11(9)16/h5-6,13,18H,3-4,7-8H2,1-2H3. The molecule has 0 amide bonds. The third-order valence-corrected chi connectivity index (χ3v) is 5.24. The number of hydrogen-bond donors (Lipinski definition) is 1. The van der Waals surface area contributed by atoms with Crippen molar-refractivity contribution in [3.05, 3.63) is 35.1 Å². The molecule has 1 fully saturated rings. The molecule has 19 heavy (non-hydrogen) atoms. The molecule has 1 saturated heterocycles. The fourth-order valence-electron chi connectivity index (χ4n) is 2.65. The highest BCUT2D eigenvalue weighted by Gasteiger charge is 2.40. The van der Waals surface area contributed by atoms with Crippen LogP contribution in [-0.2, 0) is 0 Å². The Morgan fingerprint density at radius 3 is 2.63 bits per heavy atom. The number of nitrogens with one attached hydrogen (secondary N) is 1. The van der Waals surface area contributed by atoms with Gasteiger partial charge < -0.3 is 5.32 Å². The van der Waals surface area contributed by atoms with Crippen molar-refractivity contribution in [3.63, 3.8) is 0 Å². The van der Waals surface area contributed by atoms with Gasteiger partial charge in [-0.05, 0) is 38.1 Å². The Morgan fingerprint density at radius 2 is 2.05 bits per heavy atom. The van der Waals surface area contributed by atoms with E-state index in [4.69, 9.17) is 0 Å². The summed E-state index contributed by atoms with van der Waals surface area (Å²) in [6.45, 7) is 4.63. The second kappa shape index (κ2) is 5.75. The Hall–Kier alpha value is -0.680. The normalized spacial score (nSPS) is 24.7. The lowest BCUT2D eigenvalue weighted by atomic mass is 9.89. The SMILES string of the molecule is CCNC(c1ccc(F)c(F)c1F)C1(C)CCCS1. The van der Waals surface area contributed by atoms with Crippen LogP contribution < -0.4 is 5.32 Å². The topological polar surface area (TPSA) is 12.0 Å². The molecular formula is C14H18F3NS. The first-order chi connectivity index (χ1) is 8.99. The summed E-state index contributed by atoms with van der Waals surface area (Å²) in [4.78, 5) is 0. The molecule has 2 atom stereocenters. The largest absolute Gasteiger partial charge is 0.309 e. The molecule has 0 spiro atoms. The molecule has 106 valence electrons. The zero-order valence-corrected chi connectivity index (χ0v) is 11.9. The van der Waals surface area contributed by atoms with Gasteiger partial charge in [0.15, 0.2) is 17.5 Å². The van der Waals surface area contributed by atoms with Crippen molar-refractivity contribution in [2.24, 2.45) is 0 Å².